The number of carbonyl (C=O) groups excluding carboxylic acids is 2. The van der Waals surface area contributed by atoms with E-state index < -0.39 is 0 Å². The zero-order chi connectivity index (χ0) is 16.9. The molecule has 1 unspecified atom stereocenters. The average molecular weight is 325 g/mol. The summed E-state index contributed by atoms with van der Waals surface area (Å²) in [5, 5.41) is 3.06. The zero-order valence-corrected chi connectivity index (χ0v) is 13.4. The van der Waals surface area contributed by atoms with Gasteiger partial charge in [0.2, 0.25) is 5.91 Å². The lowest BCUT2D eigenvalue weighted by Gasteiger charge is -2.18. The summed E-state index contributed by atoms with van der Waals surface area (Å²) in [5.74, 6) is -0.150. The van der Waals surface area contributed by atoms with Gasteiger partial charge in [0.05, 0.1) is 6.04 Å². The molecule has 0 spiro atoms. The Hall–Kier alpha value is -2.49. The van der Waals surface area contributed by atoms with E-state index in [9.17, 15) is 14.0 Å². The minimum absolute atomic E-state index is 0.0274. The van der Waals surface area contributed by atoms with Crippen molar-refractivity contribution in [1.82, 2.24) is 5.32 Å². The second-order valence-electron chi connectivity index (χ2n) is 6.22. The lowest BCUT2D eigenvalue weighted by Crippen LogP contribution is -2.30. The lowest BCUT2D eigenvalue weighted by molar-refractivity contribution is -0.122. The Morgan fingerprint density at radius 2 is 1.67 bits per heavy atom. The first-order valence-electron chi connectivity index (χ1n) is 8.26. The molecule has 2 aromatic rings. The van der Waals surface area contributed by atoms with Gasteiger partial charge in [0, 0.05) is 18.4 Å². The number of carbonyl (C=O) groups is 2. The number of nitrogens with one attached hydrogen (secondary N) is 1. The second kappa shape index (κ2) is 7.39. The highest BCUT2D eigenvalue weighted by Gasteiger charge is 2.33. The molecular weight excluding hydrogens is 305 g/mol. The maximum atomic E-state index is 12.9. The Morgan fingerprint density at radius 3 is 2.29 bits per heavy atom. The third kappa shape index (κ3) is 4.28. The Balaban J connectivity index is 1.54. The van der Waals surface area contributed by atoms with Gasteiger partial charge in [-0.15, -0.1) is 0 Å². The van der Waals surface area contributed by atoms with Crippen LogP contribution in [0.5, 0.6) is 0 Å². The summed E-state index contributed by atoms with van der Waals surface area (Å²) >= 11 is 0. The molecule has 0 aromatic heterocycles. The van der Waals surface area contributed by atoms with E-state index in [1.54, 1.807) is 0 Å². The van der Waals surface area contributed by atoms with E-state index in [1.807, 2.05) is 30.3 Å². The smallest absolute Gasteiger partial charge is 0.220 e. The molecule has 2 aromatic carbocycles. The van der Waals surface area contributed by atoms with Crippen molar-refractivity contribution in [3.05, 3.63) is 71.5 Å². The van der Waals surface area contributed by atoms with Crippen molar-refractivity contribution in [2.75, 3.05) is 0 Å². The fourth-order valence-electron chi connectivity index (χ4n) is 2.82. The van der Waals surface area contributed by atoms with Crippen LogP contribution in [0.4, 0.5) is 4.39 Å². The normalized spacial score (nSPS) is 14.9. The van der Waals surface area contributed by atoms with Gasteiger partial charge in [0.25, 0.3) is 0 Å². The van der Waals surface area contributed by atoms with Gasteiger partial charge in [-0.2, -0.15) is 0 Å². The lowest BCUT2D eigenvalue weighted by atomic mass is 10.0. The SMILES string of the molecule is O=C(CCC(=O)c1ccc(F)cc1)NC(c1ccccc1)C1CC1. The number of hydrogen-bond acceptors (Lipinski definition) is 2. The van der Waals surface area contributed by atoms with Gasteiger partial charge in [-0.05, 0) is 48.6 Å². The monoisotopic (exact) mass is 325 g/mol. The molecule has 0 radical (unpaired) electrons. The van der Waals surface area contributed by atoms with Gasteiger partial charge in [-0.3, -0.25) is 9.59 Å². The first kappa shape index (κ1) is 16.4. The van der Waals surface area contributed by atoms with Crippen molar-refractivity contribution >= 4 is 11.7 Å². The van der Waals surface area contributed by atoms with Crippen LogP contribution in [0.3, 0.4) is 0 Å². The molecule has 0 bridgehead atoms. The molecule has 1 atom stereocenters. The quantitative estimate of drug-likeness (QED) is 0.781. The molecule has 1 saturated carbocycles. The van der Waals surface area contributed by atoms with Gasteiger partial charge >= 0.3 is 0 Å². The highest BCUT2D eigenvalue weighted by molar-refractivity contribution is 5.97. The topological polar surface area (TPSA) is 46.2 Å². The van der Waals surface area contributed by atoms with Crippen LogP contribution in [-0.4, -0.2) is 11.7 Å². The summed E-state index contributed by atoms with van der Waals surface area (Å²) < 4.78 is 12.9. The van der Waals surface area contributed by atoms with Gasteiger partial charge < -0.3 is 5.32 Å². The molecule has 1 fully saturated rings. The van der Waals surface area contributed by atoms with Crippen LogP contribution in [0.1, 0.15) is 47.6 Å². The number of Topliss-reactive ketones (excluding diaryl/α,β-unsaturated/α-hetero) is 1. The number of amides is 1. The van der Waals surface area contributed by atoms with Gasteiger partial charge in [0.15, 0.2) is 5.78 Å². The van der Waals surface area contributed by atoms with E-state index in [0.717, 1.165) is 18.4 Å². The first-order chi connectivity index (χ1) is 11.6. The molecule has 3 nitrogen and oxygen atoms in total. The predicted molar refractivity (Wildman–Crippen MR) is 90.0 cm³/mol. The first-order valence-corrected chi connectivity index (χ1v) is 8.26. The number of hydrogen-bond donors (Lipinski definition) is 1. The van der Waals surface area contributed by atoms with E-state index in [0.29, 0.717) is 11.5 Å². The maximum absolute atomic E-state index is 12.9. The highest BCUT2D eigenvalue weighted by Crippen LogP contribution is 2.40. The Morgan fingerprint density at radius 1 is 1.00 bits per heavy atom. The van der Waals surface area contributed by atoms with Crippen molar-refractivity contribution in [1.29, 1.82) is 0 Å². The van der Waals surface area contributed by atoms with Crippen LogP contribution in [0.15, 0.2) is 54.6 Å². The van der Waals surface area contributed by atoms with Crippen LogP contribution in [-0.2, 0) is 4.79 Å². The minimum Gasteiger partial charge on any atom is -0.349 e. The number of ketones is 1. The van der Waals surface area contributed by atoms with E-state index in [1.165, 1.54) is 24.3 Å². The zero-order valence-electron chi connectivity index (χ0n) is 13.4. The molecule has 1 aliphatic carbocycles. The summed E-state index contributed by atoms with van der Waals surface area (Å²) in [4.78, 5) is 24.3. The van der Waals surface area contributed by atoms with Gasteiger partial charge in [-0.25, -0.2) is 4.39 Å². The summed E-state index contributed by atoms with van der Waals surface area (Å²) in [6, 6.07) is 15.4. The Bertz CT molecular complexity index is 708. The van der Waals surface area contributed by atoms with Gasteiger partial charge in [-0.1, -0.05) is 30.3 Å². The molecule has 124 valence electrons. The molecule has 1 amide bonds. The highest BCUT2D eigenvalue weighted by atomic mass is 19.1. The number of rotatable bonds is 7. The molecule has 1 aliphatic rings. The fourth-order valence-corrected chi connectivity index (χ4v) is 2.82. The summed E-state index contributed by atoms with van der Waals surface area (Å²) in [6.45, 7) is 0. The van der Waals surface area contributed by atoms with Crippen molar-refractivity contribution in [2.45, 2.75) is 31.7 Å². The van der Waals surface area contributed by atoms with E-state index in [2.05, 4.69) is 5.32 Å². The third-order valence-corrected chi connectivity index (χ3v) is 4.31. The van der Waals surface area contributed by atoms with Crippen LogP contribution in [0.25, 0.3) is 0 Å². The fraction of sp³-hybridized carbons (Fsp3) is 0.300. The summed E-state index contributed by atoms with van der Waals surface area (Å²) in [5.41, 5.74) is 1.55. The van der Waals surface area contributed by atoms with Gasteiger partial charge in [0.1, 0.15) is 5.82 Å². The standard InChI is InChI=1S/C20H20FNO2/c21-17-10-8-14(9-11-17)18(23)12-13-19(24)22-20(16-6-7-16)15-4-2-1-3-5-15/h1-5,8-11,16,20H,6-7,12-13H2,(H,22,24). The van der Waals surface area contributed by atoms with Crippen LogP contribution >= 0.6 is 0 Å². The molecule has 0 saturated heterocycles. The molecule has 3 rings (SSSR count). The van der Waals surface area contributed by atoms with Crippen LogP contribution < -0.4 is 5.32 Å². The average Bonchev–Trinajstić information content (AvgIpc) is 3.44. The molecule has 1 N–H and O–H groups in total. The van der Waals surface area contributed by atoms with E-state index >= 15 is 0 Å². The van der Waals surface area contributed by atoms with E-state index in [-0.39, 0.29) is 36.4 Å². The largest absolute Gasteiger partial charge is 0.349 e. The van der Waals surface area contributed by atoms with Crippen molar-refractivity contribution in [3.63, 3.8) is 0 Å². The minimum atomic E-state index is -0.376. The number of halogens is 1. The third-order valence-electron chi connectivity index (χ3n) is 4.31. The van der Waals surface area contributed by atoms with Crippen molar-refractivity contribution < 1.29 is 14.0 Å². The number of benzene rings is 2. The molecular formula is C20H20FNO2. The van der Waals surface area contributed by atoms with Crippen molar-refractivity contribution in [2.24, 2.45) is 5.92 Å². The Labute approximate surface area is 140 Å². The van der Waals surface area contributed by atoms with E-state index in [4.69, 9.17) is 0 Å². The summed E-state index contributed by atoms with van der Waals surface area (Å²) in [7, 11) is 0. The van der Waals surface area contributed by atoms with Crippen LogP contribution in [0.2, 0.25) is 0 Å². The maximum Gasteiger partial charge on any atom is 0.220 e. The Kier molecular flexibility index (Phi) is 5.04. The summed E-state index contributed by atoms with van der Waals surface area (Å²) in [6.07, 6.45) is 2.51. The molecule has 0 aliphatic heterocycles. The second-order valence-corrected chi connectivity index (χ2v) is 6.22. The van der Waals surface area contributed by atoms with Crippen molar-refractivity contribution in [3.8, 4) is 0 Å². The predicted octanol–water partition coefficient (Wildman–Crippen LogP) is 4.06. The molecule has 0 heterocycles. The molecule has 24 heavy (non-hydrogen) atoms. The van der Waals surface area contributed by atoms with Crippen LogP contribution in [0, 0.1) is 11.7 Å². The molecule has 4 heteroatoms.